The van der Waals surface area contributed by atoms with E-state index in [1.54, 1.807) is 23.2 Å². The van der Waals surface area contributed by atoms with Gasteiger partial charge in [-0.1, -0.05) is 0 Å². The van der Waals surface area contributed by atoms with Crippen LogP contribution in [0.15, 0.2) is 24.5 Å². The van der Waals surface area contributed by atoms with Gasteiger partial charge < -0.3 is 9.64 Å². The van der Waals surface area contributed by atoms with E-state index in [0.717, 1.165) is 52.5 Å². The Morgan fingerprint density at radius 2 is 1.67 bits per heavy atom. The van der Waals surface area contributed by atoms with Crippen LogP contribution in [0.3, 0.4) is 0 Å². The molecular weight excluding hydrogens is 308 g/mol. The van der Waals surface area contributed by atoms with Crippen LogP contribution in [0.5, 0.6) is 0 Å². The molecule has 7 heteroatoms. The number of ketones is 1. The van der Waals surface area contributed by atoms with Crippen molar-refractivity contribution < 1.29 is 14.3 Å². The molecule has 2 saturated heterocycles. The van der Waals surface area contributed by atoms with Gasteiger partial charge in [-0.3, -0.25) is 24.4 Å². The molecule has 0 aliphatic carbocycles. The summed E-state index contributed by atoms with van der Waals surface area (Å²) in [6, 6.07) is 3.30. The summed E-state index contributed by atoms with van der Waals surface area (Å²) < 4.78 is 5.36. The van der Waals surface area contributed by atoms with E-state index in [4.69, 9.17) is 4.74 Å². The summed E-state index contributed by atoms with van der Waals surface area (Å²) in [5.74, 6) is -0.888. The Labute approximate surface area is 142 Å². The highest BCUT2D eigenvalue weighted by molar-refractivity contribution is 6.42. The highest BCUT2D eigenvalue weighted by Gasteiger charge is 2.27. The lowest BCUT2D eigenvalue weighted by atomic mass is 10.1. The van der Waals surface area contributed by atoms with Gasteiger partial charge in [0.25, 0.3) is 11.7 Å². The molecule has 2 fully saturated rings. The highest BCUT2D eigenvalue weighted by atomic mass is 16.5. The normalized spacial score (nSPS) is 20.1. The number of rotatable bonds is 5. The minimum absolute atomic E-state index is 0.359. The number of hydrogen-bond donors (Lipinski definition) is 0. The van der Waals surface area contributed by atoms with Crippen molar-refractivity contribution in [1.29, 1.82) is 0 Å². The highest BCUT2D eigenvalue weighted by Crippen LogP contribution is 2.07. The van der Waals surface area contributed by atoms with Gasteiger partial charge in [0.1, 0.15) is 0 Å². The van der Waals surface area contributed by atoms with Crippen LogP contribution in [0.1, 0.15) is 10.4 Å². The number of ether oxygens (including phenoxy) is 1. The third-order valence-corrected chi connectivity index (χ3v) is 4.61. The average Bonchev–Trinajstić information content (AvgIpc) is 2.67. The summed E-state index contributed by atoms with van der Waals surface area (Å²) in [4.78, 5) is 34.8. The molecule has 2 aliphatic rings. The van der Waals surface area contributed by atoms with Gasteiger partial charge in [0, 0.05) is 70.3 Å². The summed E-state index contributed by atoms with van der Waals surface area (Å²) >= 11 is 0. The van der Waals surface area contributed by atoms with Crippen LogP contribution in [-0.4, -0.2) is 96.9 Å². The van der Waals surface area contributed by atoms with Gasteiger partial charge in [0.2, 0.25) is 0 Å². The molecule has 2 aliphatic heterocycles. The Morgan fingerprint density at radius 1 is 1.00 bits per heavy atom. The summed E-state index contributed by atoms with van der Waals surface area (Å²) in [7, 11) is 0. The molecule has 1 aromatic rings. The van der Waals surface area contributed by atoms with E-state index >= 15 is 0 Å². The van der Waals surface area contributed by atoms with Crippen LogP contribution in [0, 0.1) is 0 Å². The number of carbonyl (C=O) groups is 2. The van der Waals surface area contributed by atoms with Gasteiger partial charge in [0.15, 0.2) is 0 Å². The predicted octanol–water partition coefficient (Wildman–Crippen LogP) is -0.259. The topological polar surface area (TPSA) is 66.0 Å². The molecule has 1 aromatic heterocycles. The van der Waals surface area contributed by atoms with E-state index in [1.165, 1.54) is 6.20 Å². The van der Waals surface area contributed by atoms with E-state index in [2.05, 4.69) is 14.8 Å². The van der Waals surface area contributed by atoms with Crippen LogP contribution in [0.25, 0.3) is 0 Å². The molecule has 130 valence electrons. The van der Waals surface area contributed by atoms with Gasteiger partial charge in [-0.25, -0.2) is 0 Å². The number of pyridine rings is 1. The van der Waals surface area contributed by atoms with E-state index in [-0.39, 0.29) is 0 Å². The maximum absolute atomic E-state index is 12.3. The predicted molar refractivity (Wildman–Crippen MR) is 88.8 cm³/mol. The van der Waals surface area contributed by atoms with Crippen molar-refractivity contribution in [3.8, 4) is 0 Å². The quantitative estimate of drug-likeness (QED) is 0.547. The average molecular weight is 332 g/mol. The van der Waals surface area contributed by atoms with Gasteiger partial charge in [-0.05, 0) is 12.1 Å². The number of morpholine rings is 1. The zero-order chi connectivity index (χ0) is 16.8. The number of hydrogen-bond acceptors (Lipinski definition) is 6. The maximum Gasteiger partial charge on any atom is 0.295 e. The Balaban J connectivity index is 1.43. The largest absolute Gasteiger partial charge is 0.379 e. The van der Waals surface area contributed by atoms with Crippen molar-refractivity contribution in [3.05, 3.63) is 30.1 Å². The first-order chi connectivity index (χ1) is 11.7. The number of piperazine rings is 1. The van der Waals surface area contributed by atoms with Crippen molar-refractivity contribution >= 4 is 11.7 Å². The number of aromatic nitrogens is 1. The van der Waals surface area contributed by atoms with E-state index in [0.29, 0.717) is 18.7 Å². The third-order valence-electron chi connectivity index (χ3n) is 4.61. The van der Waals surface area contributed by atoms with Crippen molar-refractivity contribution in [2.45, 2.75) is 0 Å². The van der Waals surface area contributed by atoms with Crippen LogP contribution in [0.2, 0.25) is 0 Å². The molecule has 0 bridgehead atoms. The fraction of sp³-hybridized carbons (Fsp3) is 0.588. The Morgan fingerprint density at radius 3 is 2.29 bits per heavy atom. The summed E-state index contributed by atoms with van der Waals surface area (Å²) in [6.45, 7) is 8.51. The van der Waals surface area contributed by atoms with Crippen molar-refractivity contribution in [1.82, 2.24) is 19.7 Å². The molecule has 0 aromatic carbocycles. The lowest BCUT2D eigenvalue weighted by molar-refractivity contribution is -0.128. The number of amides is 1. The molecule has 0 saturated carbocycles. The first-order valence-corrected chi connectivity index (χ1v) is 8.50. The zero-order valence-corrected chi connectivity index (χ0v) is 13.9. The Bertz CT molecular complexity index is 552. The molecular formula is C17H24N4O3. The van der Waals surface area contributed by atoms with Crippen LogP contribution in [0.4, 0.5) is 0 Å². The van der Waals surface area contributed by atoms with Gasteiger partial charge >= 0.3 is 0 Å². The standard InChI is InChI=1S/C17H24N4O3/c22-16(15-2-1-3-18-14-15)17(23)21-8-6-19(7-9-21)4-5-20-10-12-24-13-11-20/h1-3,14H,4-13H2. The minimum atomic E-state index is -0.468. The van der Waals surface area contributed by atoms with Gasteiger partial charge in [-0.2, -0.15) is 0 Å². The van der Waals surface area contributed by atoms with E-state index in [1.807, 2.05) is 0 Å². The van der Waals surface area contributed by atoms with Crippen molar-refractivity contribution in [2.24, 2.45) is 0 Å². The Hall–Kier alpha value is -1.83. The molecule has 7 nitrogen and oxygen atoms in total. The number of nitrogens with zero attached hydrogens (tertiary/aromatic N) is 4. The molecule has 0 N–H and O–H groups in total. The molecule has 0 spiro atoms. The van der Waals surface area contributed by atoms with Gasteiger partial charge in [0.05, 0.1) is 13.2 Å². The zero-order valence-electron chi connectivity index (χ0n) is 13.9. The fourth-order valence-electron chi connectivity index (χ4n) is 3.05. The van der Waals surface area contributed by atoms with Crippen LogP contribution in [-0.2, 0) is 9.53 Å². The van der Waals surface area contributed by atoms with E-state index < -0.39 is 11.7 Å². The van der Waals surface area contributed by atoms with Gasteiger partial charge in [-0.15, -0.1) is 0 Å². The molecule has 3 heterocycles. The third kappa shape index (κ3) is 4.37. The second kappa shape index (κ2) is 8.32. The van der Waals surface area contributed by atoms with Crippen LogP contribution >= 0.6 is 0 Å². The molecule has 0 radical (unpaired) electrons. The molecule has 0 atom stereocenters. The summed E-state index contributed by atoms with van der Waals surface area (Å²) in [5, 5.41) is 0. The summed E-state index contributed by atoms with van der Waals surface area (Å²) in [5.41, 5.74) is 0.359. The number of Topliss-reactive ketones (excluding diaryl/α,β-unsaturated/α-hetero) is 1. The maximum atomic E-state index is 12.3. The second-order valence-corrected chi connectivity index (χ2v) is 6.16. The molecule has 3 rings (SSSR count). The minimum Gasteiger partial charge on any atom is -0.379 e. The first kappa shape index (κ1) is 17.0. The first-order valence-electron chi connectivity index (χ1n) is 8.50. The molecule has 24 heavy (non-hydrogen) atoms. The molecule has 1 amide bonds. The van der Waals surface area contributed by atoms with Crippen molar-refractivity contribution in [3.63, 3.8) is 0 Å². The van der Waals surface area contributed by atoms with Crippen LogP contribution < -0.4 is 0 Å². The summed E-state index contributed by atoms with van der Waals surface area (Å²) in [6.07, 6.45) is 3.04. The Kier molecular flexibility index (Phi) is 5.90. The monoisotopic (exact) mass is 332 g/mol. The fourth-order valence-corrected chi connectivity index (χ4v) is 3.05. The smallest absolute Gasteiger partial charge is 0.295 e. The van der Waals surface area contributed by atoms with Crippen molar-refractivity contribution in [2.75, 3.05) is 65.6 Å². The molecule has 0 unspecified atom stereocenters. The number of carbonyl (C=O) groups excluding carboxylic acids is 2. The SMILES string of the molecule is O=C(C(=O)N1CCN(CCN2CCOCC2)CC1)c1cccnc1. The second-order valence-electron chi connectivity index (χ2n) is 6.16. The lowest BCUT2D eigenvalue weighted by Crippen LogP contribution is -2.52. The van der Waals surface area contributed by atoms with E-state index in [9.17, 15) is 9.59 Å². The lowest BCUT2D eigenvalue weighted by Gasteiger charge is -2.36.